The SMILES string of the molecule is C[C@H]([C@@H](O)c1ccccc1)N(C)C[C@H]1C[C@@H](c2ccc(CO)cc2)O[C@@H](c2cccc(-c3cccc(CNC(=O)CCCCC(=O)O)c3)c2)O1. The summed E-state index contributed by atoms with van der Waals surface area (Å²) < 4.78 is 13.3. The van der Waals surface area contributed by atoms with Crippen molar-refractivity contribution < 1.29 is 34.4 Å². The number of ether oxygens (including phenoxy) is 2. The third-order valence-electron chi connectivity index (χ3n) is 9.35. The van der Waals surface area contributed by atoms with E-state index in [1.54, 1.807) is 0 Å². The molecule has 50 heavy (non-hydrogen) atoms. The number of carbonyl (C=O) groups excluding carboxylic acids is 1. The maximum Gasteiger partial charge on any atom is 0.303 e. The van der Waals surface area contributed by atoms with Crippen LogP contribution in [0.3, 0.4) is 0 Å². The van der Waals surface area contributed by atoms with E-state index in [9.17, 15) is 19.8 Å². The molecule has 0 spiro atoms. The van der Waals surface area contributed by atoms with Crippen LogP contribution in [0.1, 0.15) is 85.3 Å². The molecular weight excluding hydrogens is 632 g/mol. The van der Waals surface area contributed by atoms with Crippen LogP contribution >= 0.6 is 0 Å². The molecule has 264 valence electrons. The first kappa shape index (κ1) is 36.9. The lowest BCUT2D eigenvalue weighted by molar-refractivity contribution is -0.253. The molecule has 0 unspecified atom stereocenters. The first-order valence-corrected chi connectivity index (χ1v) is 17.3. The lowest BCUT2D eigenvalue weighted by atomic mass is 9.97. The summed E-state index contributed by atoms with van der Waals surface area (Å²) in [5, 5.41) is 32.4. The lowest BCUT2D eigenvalue weighted by Crippen LogP contribution is -2.43. The van der Waals surface area contributed by atoms with Gasteiger partial charge in [-0.1, -0.05) is 91.0 Å². The Morgan fingerprint density at radius 1 is 0.840 bits per heavy atom. The van der Waals surface area contributed by atoms with E-state index in [0.29, 0.717) is 38.8 Å². The quantitative estimate of drug-likeness (QED) is 0.0963. The van der Waals surface area contributed by atoms with Gasteiger partial charge in [0.25, 0.3) is 0 Å². The summed E-state index contributed by atoms with van der Waals surface area (Å²) in [6, 6.07) is 33.5. The minimum Gasteiger partial charge on any atom is -0.481 e. The average Bonchev–Trinajstić information content (AvgIpc) is 3.15. The number of hydrogen-bond donors (Lipinski definition) is 4. The fraction of sp³-hybridized carbons (Fsp3) is 0.366. The van der Waals surface area contributed by atoms with Crippen LogP contribution in [0.4, 0.5) is 0 Å². The van der Waals surface area contributed by atoms with Crippen molar-refractivity contribution in [2.75, 3.05) is 13.6 Å². The highest BCUT2D eigenvalue weighted by Crippen LogP contribution is 2.39. The molecule has 0 saturated carbocycles. The Hall–Kier alpha value is -4.38. The number of nitrogens with zero attached hydrogens (tertiary/aromatic N) is 1. The summed E-state index contributed by atoms with van der Waals surface area (Å²) >= 11 is 0. The van der Waals surface area contributed by atoms with E-state index in [2.05, 4.69) is 22.3 Å². The number of rotatable bonds is 16. The Morgan fingerprint density at radius 2 is 1.54 bits per heavy atom. The van der Waals surface area contributed by atoms with E-state index in [4.69, 9.17) is 14.6 Å². The number of aliphatic hydroxyl groups excluding tert-OH is 2. The molecule has 5 atom stereocenters. The largest absolute Gasteiger partial charge is 0.481 e. The molecule has 4 aromatic carbocycles. The van der Waals surface area contributed by atoms with Crippen LogP contribution in [-0.4, -0.2) is 57.8 Å². The van der Waals surface area contributed by atoms with Gasteiger partial charge in [-0.15, -0.1) is 0 Å². The van der Waals surface area contributed by atoms with Crippen molar-refractivity contribution in [3.63, 3.8) is 0 Å². The third-order valence-corrected chi connectivity index (χ3v) is 9.35. The van der Waals surface area contributed by atoms with Gasteiger partial charge < -0.3 is 30.1 Å². The molecule has 9 heteroatoms. The number of carbonyl (C=O) groups is 2. The van der Waals surface area contributed by atoms with Crippen molar-refractivity contribution >= 4 is 11.9 Å². The molecule has 1 aliphatic heterocycles. The molecule has 4 aromatic rings. The second-order valence-corrected chi connectivity index (χ2v) is 13.1. The van der Waals surface area contributed by atoms with Crippen LogP contribution in [0.25, 0.3) is 11.1 Å². The molecule has 5 rings (SSSR count). The Morgan fingerprint density at radius 3 is 2.26 bits per heavy atom. The van der Waals surface area contributed by atoms with E-state index >= 15 is 0 Å². The Balaban J connectivity index is 1.30. The minimum absolute atomic E-state index is 0.0262. The smallest absolute Gasteiger partial charge is 0.303 e. The molecule has 4 N–H and O–H groups in total. The first-order chi connectivity index (χ1) is 24.2. The van der Waals surface area contributed by atoms with Crippen molar-refractivity contribution in [3.05, 3.63) is 131 Å². The standard InChI is InChI=1S/C41H48N2O7/c1-28(40(48)32-11-4-3-5-12-32)43(2)26-36-24-37(31-20-18-29(27-44)19-21-31)50-41(49-36)35-15-9-14-34(23-35)33-13-8-10-30(22-33)25-42-38(45)16-6-7-17-39(46)47/h3-5,8-15,18-23,28,36-37,40-41,44,48H,6-7,16-17,24-27H2,1-2H3,(H,42,45)(H,46,47)/t28-,36-,37+,40-,41+/m1/s1. The zero-order chi connectivity index (χ0) is 35.5. The molecule has 0 radical (unpaired) electrons. The van der Waals surface area contributed by atoms with Crippen LogP contribution < -0.4 is 5.32 Å². The molecule has 0 aromatic heterocycles. The topological polar surface area (TPSA) is 129 Å². The van der Waals surface area contributed by atoms with Gasteiger partial charge in [0.1, 0.15) is 0 Å². The van der Waals surface area contributed by atoms with Gasteiger partial charge >= 0.3 is 5.97 Å². The molecule has 9 nitrogen and oxygen atoms in total. The van der Waals surface area contributed by atoms with Gasteiger partial charge in [-0.2, -0.15) is 0 Å². The van der Waals surface area contributed by atoms with E-state index in [0.717, 1.165) is 38.9 Å². The normalized spacial score (nSPS) is 18.8. The number of carboxylic acid groups (broad SMARTS) is 1. The average molecular weight is 681 g/mol. The van der Waals surface area contributed by atoms with Gasteiger partial charge in [-0.25, -0.2) is 0 Å². The molecule has 1 saturated heterocycles. The van der Waals surface area contributed by atoms with Crippen LogP contribution in [0.15, 0.2) is 103 Å². The molecular formula is C41H48N2O7. The summed E-state index contributed by atoms with van der Waals surface area (Å²) in [6.07, 6.45) is 0.294. The highest BCUT2D eigenvalue weighted by molar-refractivity contribution is 5.76. The fourth-order valence-electron chi connectivity index (χ4n) is 6.27. The second-order valence-electron chi connectivity index (χ2n) is 13.1. The van der Waals surface area contributed by atoms with Gasteiger partial charge in [-0.3, -0.25) is 14.5 Å². The number of amides is 1. The second kappa shape index (κ2) is 18.0. The molecule has 1 fully saturated rings. The number of likely N-dealkylation sites (N-methyl/N-ethyl adjacent to an activating group) is 1. The zero-order valence-electron chi connectivity index (χ0n) is 28.8. The predicted molar refractivity (Wildman–Crippen MR) is 192 cm³/mol. The lowest BCUT2D eigenvalue weighted by Gasteiger charge is -2.39. The van der Waals surface area contributed by atoms with E-state index < -0.39 is 18.4 Å². The molecule has 1 amide bonds. The highest BCUT2D eigenvalue weighted by atomic mass is 16.7. The van der Waals surface area contributed by atoms with Gasteiger partial charge in [0.15, 0.2) is 6.29 Å². The highest BCUT2D eigenvalue weighted by Gasteiger charge is 2.34. The number of aliphatic hydroxyl groups is 2. The van der Waals surface area contributed by atoms with Gasteiger partial charge in [0, 0.05) is 44.0 Å². The fourth-order valence-corrected chi connectivity index (χ4v) is 6.27. The number of carboxylic acids is 1. The molecule has 1 aliphatic rings. The zero-order valence-corrected chi connectivity index (χ0v) is 28.8. The van der Waals surface area contributed by atoms with Gasteiger partial charge in [-0.05, 0) is 72.3 Å². The molecule has 0 bridgehead atoms. The van der Waals surface area contributed by atoms with Crippen molar-refractivity contribution in [3.8, 4) is 11.1 Å². The maximum absolute atomic E-state index is 12.3. The van der Waals surface area contributed by atoms with Crippen molar-refractivity contribution in [1.82, 2.24) is 10.2 Å². The van der Waals surface area contributed by atoms with Crippen molar-refractivity contribution in [2.24, 2.45) is 0 Å². The van der Waals surface area contributed by atoms with Crippen LogP contribution in [0.2, 0.25) is 0 Å². The van der Waals surface area contributed by atoms with E-state index in [-0.39, 0.29) is 37.2 Å². The van der Waals surface area contributed by atoms with Crippen LogP contribution in [-0.2, 0) is 32.2 Å². The minimum atomic E-state index is -0.849. The predicted octanol–water partition coefficient (Wildman–Crippen LogP) is 6.71. The van der Waals surface area contributed by atoms with Gasteiger partial charge in [0.05, 0.1) is 24.9 Å². The Bertz CT molecular complexity index is 1680. The van der Waals surface area contributed by atoms with Crippen LogP contribution in [0, 0.1) is 0 Å². The van der Waals surface area contributed by atoms with E-state index in [1.807, 2.05) is 105 Å². The number of benzene rings is 4. The molecule has 1 heterocycles. The summed E-state index contributed by atoms with van der Waals surface area (Å²) in [6.45, 7) is 2.96. The van der Waals surface area contributed by atoms with E-state index in [1.165, 1.54) is 0 Å². The first-order valence-electron chi connectivity index (χ1n) is 17.3. The number of unbranched alkanes of at least 4 members (excludes halogenated alkanes) is 1. The van der Waals surface area contributed by atoms with Crippen LogP contribution in [0.5, 0.6) is 0 Å². The van der Waals surface area contributed by atoms with Crippen molar-refractivity contribution in [2.45, 2.75) is 82.8 Å². The summed E-state index contributed by atoms with van der Waals surface area (Å²) in [4.78, 5) is 25.2. The summed E-state index contributed by atoms with van der Waals surface area (Å²) in [5.41, 5.74) is 6.53. The maximum atomic E-state index is 12.3. The summed E-state index contributed by atoms with van der Waals surface area (Å²) in [5.74, 6) is -0.947. The molecule has 0 aliphatic carbocycles. The van der Waals surface area contributed by atoms with Crippen molar-refractivity contribution in [1.29, 1.82) is 0 Å². The number of nitrogens with one attached hydrogen (secondary N) is 1. The monoisotopic (exact) mass is 680 g/mol. The number of aliphatic carboxylic acids is 1. The van der Waals surface area contributed by atoms with Gasteiger partial charge in [0.2, 0.25) is 5.91 Å². The summed E-state index contributed by atoms with van der Waals surface area (Å²) in [7, 11) is 2.01. The Labute approximate surface area is 294 Å². The number of hydrogen-bond acceptors (Lipinski definition) is 7. The third kappa shape index (κ3) is 10.3. The Kier molecular flexibility index (Phi) is 13.3.